The lowest BCUT2D eigenvalue weighted by molar-refractivity contribution is -0.143. The predicted molar refractivity (Wildman–Crippen MR) is 78.4 cm³/mol. The van der Waals surface area contributed by atoms with E-state index in [-0.39, 0.29) is 12.0 Å². The molecule has 0 aromatic carbocycles. The van der Waals surface area contributed by atoms with Crippen LogP contribution in [0.2, 0.25) is 0 Å². The Morgan fingerprint density at radius 1 is 1.58 bits per heavy atom. The van der Waals surface area contributed by atoms with E-state index in [2.05, 4.69) is 30.6 Å². The fraction of sp³-hybridized carbons (Fsp3) is 0.667. The average molecular weight is 281 g/mol. The highest BCUT2D eigenvalue weighted by atomic mass is 32.1. The summed E-state index contributed by atoms with van der Waals surface area (Å²) in [4.78, 5) is 13.4. The Balaban J connectivity index is 2.08. The fourth-order valence-corrected chi connectivity index (χ4v) is 3.74. The van der Waals surface area contributed by atoms with E-state index in [1.807, 2.05) is 11.3 Å². The molecule has 0 fully saturated rings. The van der Waals surface area contributed by atoms with Crippen LogP contribution in [0.25, 0.3) is 0 Å². The number of hydrogen-bond acceptors (Lipinski definition) is 4. The van der Waals surface area contributed by atoms with Gasteiger partial charge in [-0.25, -0.2) is 0 Å². The normalized spacial score (nSPS) is 20.1. The van der Waals surface area contributed by atoms with Gasteiger partial charge < -0.3 is 4.74 Å². The van der Waals surface area contributed by atoms with Gasteiger partial charge in [0.1, 0.15) is 6.04 Å². The average Bonchev–Trinajstić information content (AvgIpc) is 2.85. The number of carbonyl (C=O) groups excluding carboxylic acids is 1. The molecular formula is C15H23NO2S. The number of hydrogen-bond donors (Lipinski definition) is 1. The first kappa shape index (κ1) is 14.5. The molecule has 0 saturated heterocycles. The SMILES string of the molecule is COC(=O)C(CC(C)C)NC1CCCc2sccc21. The molecule has 106 valence electrons. The number of ether oxygens (including phenoxy) is 1. The first-order valence-corrected chi connectivity index (χ1v) is 7.90. The monoisotopic (exact) mass is 281 g/mol. The highest BCUT2D eigenvalue weighted by Gasteiger charge is 2.27. The van der Waals surface area contributed by atoms with Crippen LogP contribution in [0.1, 0.15) is 49.6 Å². The number of rotatable bonds is 5. The number of carbonyl (C=O) groups is 1. The van der Waals surface area contributed by atoms with Crippen LogP contribution in [-0.4, -0.2) is 19.1 Å². The number of nitrogens with one attached hydrogen (secondary N) is 1. The molecule has 0 saturated carbocycles. The van der Waals surface area contributed by atoms with E-state index in [1.165, 1.54) is 30.4 Å². The fourth-order valence-electron chi connectivity index (χ4n) is 2.75. The van der Waals surface area contributed by atoms with E-state index in [9.17, 15) is 4.79 Å². The molecule has 4 heteroatoms. The summed E-state index contributed by atoms with van der Waals surface area (Å²) in [7, 11) is 1.47. The lowest BCUT2D eigenvalue weighted by Gasteiger charge is -2.28. The van der Waals surface area contributed by atoms with Gasteiger partial charge in [0, 0.05) is 10.9 Å². The van der Waals surface area contributed by atoms with E-state index >= 15 is 0 Å². The van der Waals surface area contributed by atoms with Crippen molar-refractivity contribution >= 4 is 17.3 Å². The lowest BCUT2D eigenvalue weighted by Crippen LogP contribution is -2.41. The van der Waals surface area contributed by atoms with Crippen molar-refractivity contribution < 1.29 is 9.53 Å². The molecule has 3 nitrogen and oxygen atoms in total. The van der Waals surface area contributed by atoms with E-state index in [1.54, 1.807) is 0 Å². The zero-order valence-corrected chi connectivity index (χ0v) is 12.8. The minimum Gasteiger partial charge on any atom is -0.468 e. The Hall–Kier alpha value is -0.870. The summed E-state index contributed by atoms with van der Waals surface area (Å²) in [6.07, 6.45) is 4.30. The second kappa shape index (κ2) is 6.53. The third kappa shape index (κ3) is 3.57. The van der Waals surface area contributed by atoms with Crippen LogP contribution in [0.15, 0.2) is 11.4 Å². The molecule has 0 bridgehead atoms. The molecule has 1 aromatic heterocycles. The number of esters is 1. The van der Waals surface area contributed by atoms with Crippen molar-refractivity contribution in [2.45, 2.75) is 51.6 Å². The standard InChI is InChI=1S/C15H23NO2S/c1-10(2)9-13(15(17)18-3)16-12-5-4-6-14-11(12)7-8-19-14/h7-8,10,12-13,16H,4-6,9H2,1-3H3. The number of aryl methyl sites for hydroxylation is 1. The van der Waals surface area contributed by atoms with Crippen LogP contribution in [0.4, 0.5) is 0 Å². The third-order valence-corrected chi connectivity index (χ3v) is 4.64. The molecule has 0 amide bonds. The van der Waals surface area contributed by atoms with Crippen molar-refractivity contribution in [1.29, 1.82) is 0 Å². The summed E-state index contributed by atoms with van der Waals surface area (Å²) in [5, 5.41) is 5.67. The highest BCUT2D eigenvalue weighted by Crippen LogP contribution is 2.33. The highest BCUT2D eigenvalue weighted by molar-refractivity contribution is 7.10. The summed E-state index contributed by atoms with van der Waals surface area (Å²) in [5.74, 6) is 0.332. The molecule has 1 N–H and O–H groups in total. The first-order chi connectivity index (χ1) is 9.11. The van der Waals surface area contributed by atoms with Gasteiger partial charge in [-0.2, -0.15) is 0 Å². The first-order valence-electron chi connectivity index (χ1n) is 7.02. The second-order valence-corrected chi connectivity index (χ2v) is 6.62. The summed E-state index contributed by atoms with van der Waals surface area (Å²) < 4.78 is 4.93. The third-order valence-electron chi connectivity index (χ3n) is 3.65. The largest absolute Gasteiger partial charge is 0.468 e. The minimum absolute atomic E-state index is 0.143. The molecular weight excluding hydrogens is 258 g/mol. The molecule has 0 radical (unpaired) electrons. The maximum atomic E-state index is 11.9. The Morgan fingerprint density at radius 3 is 3.05 bits per heavy atom. The maximum absolute atomic E-state index is 11.9. The molecule has 1 aliphatic rings. The van der Waals surface area contributed by atoms with Crippen LogP contribution in [0.3, 0.4) is 0 Å². The van der Waals surface area contributed by atoms with Gasteiger partial charge in [0.15, 0.2) is 0 Å². The Bertz CT molecular complexity index is 428. The van der Waals surface area contributed by atoms with E-state index in [0.29, 0.717) is 12.0 Å². The van der Waals surface area contributed by atoms with Crippen LogP contribution in [-0.2, 0) is 16.0 Å². The summed E-state index contributed by atoms with van der Waals surface area (Å²) in [6, 6.07) is 2.30. The van der Waals surface area contributed by atoms with E-state index in [4.69, 9.17) is 4.74 Å². The van der Waals surface area contributed by atoms with Gasteiger partial charge in [0.25, 0.3) is 0 Å². The van der Waals surface area contributed by atoms with Crippen molar-refractivity contribution in [3.05, 3.63) is 21.9 Å². The summed E-state index contributed by atoms with van der Waals surface area (Å²) in [6.45, 7) is 4.27. The van der Waals surface area contributed by atoms with Crippen molar-refractivity contribution in [3.8, 4) is 0 Å². The summed E-state index contributed by atoms with van der Waals surface area (Å²) >= 11 is 1.83. The van der Waals surface area contributed by atoms with Crippen LogP contribution >= 0.6 is 11.3 Å². The zero-order chi connectivity index (χ0) is 13.8. The maximum Gasteiger partial charge on any atom is 0.322 e. The predicted octanol–water partition coefficient (Wildman–Crippen LogP) is 3.30. The second-order valence-electron chi connectivity index (χ2n) is 5.62. The van der Waals surface area contributed by atoms with Crippen molar-refractivity contribution in [2.75, 3.05) is 7.11 Å². The molecule has 0 spiro atoms. The Kier molecular flexibility index (Phi) is 4.99. The molecule has 2 rings (SSSR count). The molecule has 0 aliphatic heterocycles. The van der Waals surface area contributed by atoms with Gasteiger partial charge in [0.2, 0.25) is 0 Å². The van der Waals surface area contributed by atoms with E-state index < -0.39 is 0 Å². The number of fused-ring (bicyclic) bond motifs is 1. The molecule has 1 aromatic rings. The van der Waals surface area contributed by atoms with Crippen molar-refractivity contribution in [2.24, 2.45) is 5.92 Å². The zero-order valence-electron chi connectivity index (χ0n) is 11.9. The Labute approximate surface area is 119 Å². The summed E-state index contributed by atoms with van der Waals surface area (Å²) in [5.41, 5.74) is 1.38. The number of methoxy groups -OCH3 is 1. The molecule has 19 heavy (non-hydrogen) atoms. The van der Waals surface area contributed by atoms with Crippen molar-refractivity contribution in [1.82, 2.24) is 5.32 Å². The van der Waals surface area contributed by atoms with Crippen LogP contribution < -0.4 is 5.32 Å². The number of thiophene rings is 1. The van der Waals surface area contributed by atoms with Gasteiger partial charge in [0.05, 0.1) is 7.11 Å². The quantitative estimate of drug-likeness (QED) is 0.842. The molecule has 2 atom stereocenters. The molecule has 1 aliphatic carbocycles. The lowest BCUT2D eigenvalue weighted by atomic mass is 9.92. The van der Waals surface area contributed by atoms with Gasteiger partial charge >= 0.3 is 5.97 Å². The van der Waals surface area contributed by atoms with Crippen LogP contribution in [0.5, 0.6) is 0 Å². The van der Waals surface area contributed by atoms with Crippen LogP contribution in [0, 0.1) is 5.92 Å². The van der Waals surface area contributed by atoms with Crippen molar-refractivity contribution in [3.63, 3.8) is 0 Å². The van der Waals surface area contributed by atoms with Gasteiger partial charge in [-0.15, -0.1) is 11.3 Å². The van der Waals surface area contributed by atoms with Gasteiger partial charge in [-0.05, 0) is 48.6 Å². The van der Waals surface area contributed by atoms with E-state index in [0.717, 1.165) is 12.8 Å². The Morgan fingerprint density at radius 2 is 2.37 bits per heavy atom. The molecule has 2 unspecified atom stereocenters. The molecule has 1 heterocycles. The smallest absolute Gasteiger partial charge is 0.322 e. The minimum atomic E-state index is -0.194. The topological polar surface area (TPSA) is 38.3 Å². The van der Waals surface area contributed by atoms with Gasteiger partial charge in [-0.1, -0.05) is 13.8 Å². The van der Waals surface area contributed by atoms with Gasteiger partial charge in [-0.3, -0.25) is 10.1 Å².